The van der Waals surface area contributed by atoms with E-state index in [1.807, 2.05) is 0 Å². The van der Waals surface area contributed by atoms with E-state index in [2.05, 4.69) is 9.26 Å². The Hall–Kier alpha value is -0.420. The summed E-state index contributed by atoms with van der Waals surface area (Å²) in [6.07, 6.45) is -1.12. The molecule has 0 aromatic rings. The number of rotatable bonds is 5. The Balaban J connectivity index is 3.58. The average molecular weight is 211 g/mol. The predicted octanol–water partition coefficient (Wildman–Crippen LogP) is -0.890. The Morgan fingerprint density at radius 2 is 2.15 bits per heavy atom. The Morgan fingerprint density at radius 1 is 1.62 bits per heavy atom. The van der Waals surface area contributed by atoms with Crippen molar-refractivity contribution in [3.8, 4) is 0 Å². The molecule has 0 aromatic heterocycles. The van der Waals surface area contributed by atoms with Crippen LogP contribution in [0.5, 0.6) is 0 Å². The highest BCUT2D eigenvalue weighted by Gasteiger charge is 2.08. The number of esters is 1. The molecule has 0 fully saturated rings. The molecule has 2 atom stereocenters. The molecule has 0 radical (unpaired) electrons. The fraction of sp³-hybridized carbons (Fsp3) is 0.833. The largest absolute Gasteiger partial charge is 0.779 e. The van der Waals surface area contributed by atoms with E-state index >= 15 is 0 Å². The second-order valence-corrected chi connectivity index (χ2v) is 4.32. The third kappa shape index (κ3) is 9.49. The molecule has 0 saturated carbocycles. The minimum absolute atomic E-state index is 0.269. The second-order valence-electron chi connectivity index (χ2n) is 2.52. The molecule has 0 bridgehead atoms. The van der Waals surface area contributed by atoms with Crippen LogP contribution < -0.4 is 4.89 Å². The maximum Gasteiger partial charge on any atom is 0.302 e. The van der Waals surface area contributed by atoms with Crippen LogP contribution in [0.4, 0.5) is 0 Å². The highest BCUT2D eigenvalue weighted by atomic mass is 31.2. The summed E-state index contributed by atoms with van der Waals surface area (Å²) in [5.74, 6) is -0.541. The van der Waals surface area contributed by atoms with Gasteiger partial charge in [-0.1, -0.05) is 0 Å². The van der Waals surface area contributed by atoms with E-state index in [9.17, 15) is 14.3 Å². The molecular weight excluding hydrogens is 199 g/mol. The molecule has 0 heterocycles. The normalized spacial score (nSPS) is 17.5. The second kappa shape index (κ2) is 5.34. The van der Waals surface area contributed by atoms with Gasteiger partial charge in [0.15, 0.2) is 0 Å². The van der Waals surface area contributed by atoms with Crippen molar-refractivity contribution in [2.45, 2.75) is 13.0 Å². The van der Waals surface area contributed by atoms with Gasteiger partial charge in [0.25, 0.3) is 0 Å². The third-order valence-corrected chi connectivity index (χ3v) is 1.60. The van der Waals surface area contributed by atoms with Gasteiger partial charge in [-0.3, -0.25) is 4.79 Å². The van der Waals surface area contributed by atoms with Crippen molar-refractivity contribution in [1.82, 2.24) is 0 Å². The van der Waals surface area contributed by atoms with E-state index in [4.69, 9.17) is 5.11 Å². The van der Waals surface area contributed by atoms with Crippen LogP contribution in [0, 0.1) is 0 Å². The Kier molecular flexibility index (Phi) is 5.17. The van der Waals surface area contributed by atoms with E-state index in [1.54, 1.807) is 0 Å². The van der Waals surface area contributed by atoms with E-state index in [-0.39, 0.29) is 6.61 Å². The van der Waals surface area contributed by atoms with Gasteiger partial charge in [-0.25, -0.2) is 0 Å². The zero-order valence-corrected chi connectivity index (χ0v) is 8.32. The van der Waals surface area contributed by atoms with E-state index in [0.29, 0.717) is 0 Å². The summed E-state index contributed by atoms with van der Waals surface area (Å²) in [7, 11) is -3.82. The van der Waals surface area contributed by atoms with E-state index in [1.165, 1.54) is 6.92 Å². The lowest BCUT2D eigenvalue weighted by molar-refractivity contribution is -0.198. The quantitative estimate of drug-likeness (QED) is 0.468. The summed E-state index contributed by atoms with van der Waals surface area (Å²) >= 11 is 0. The highest BCUT2D eigenvalue weighted by Crippen LogP contribution is 2.30. The van der Waals surface area contributed by atoms with Gasteiger partial charge in [-0.05, 0) is 0 Å². The first-order chi connectivity index (χ1) is 5.81. The monoisotopic (exact) mass is 211 g/mol. The molecule has 0 amide bonds. The van der Waals surface area contributed by atoms with E-state index in [0.717, 1.165) is 6.66 Å². The topological polar surface area (TPSA) is 95.9 Å². The van der Waals surface area contributed by atoms with Crippen LogP contribution in [0.3, 0.4) is 0 Å². The minimum atomic E-state index is -3.82. The van der Waals surface area contributed by atoms with Crippen molar-refractivity contribution in [3.63, 3.8) is 0 Å². The maximum atomic E-state index is 10.5. The van der Waals surface area contributed by atoms with Crippen LogP contribution in [-0.2, 0) is 18.6 Å². The van der Waals surface area contributed by atoms with Crippen molar-refractivity contribution in [2.24, 2.45) is 0 Å². The van der Waals surface area contributed by atoms with Gasteiger partial charge >= 0.3 is 5.97 Å². The van der Waals surface area contributed by atoms with Crippen LogP contribution in [0.25, 0.3) is 0 Å². The fourth-order valence-electron chi connectivity index (χ4n) is 0.483. The van der Waals surface area contributed by atoms with E-state index < -0.39 is 26.3 Å². The lowest BCUT2D eigenvalue weighted by atomic mass is 10.4. The van der Waals surface area contributed by atoms with Gasteiger partial charge in [0.05, 0.1) is 6.61 Å². The summed E-state index contributed by atoms with van der Waals surface area (Å²) in [6.45, 7) is 1.41. The van der Waals surface area contributed by atoms with Crippen LogP contribution in [0.1, 0.15) is 6.92 Å². The van der Waals surface area contributed by atoms with Crippen molar-refractivity contribution in [1.29, 1.82) is 0 Å². The van der Waals surface area contributed by atoms with Crippen molar-refractivity contribution < 1.29 is 28.6 Å². The van der Waals surface area contributed by atoms with Gasteiger partial charge in [-0.2, -0.15) is 0 Å². The van der Waals surface area contributed by atoms with Crippen molar-refractivity contribution in [2.75, 3.05) is 19.9 Å². The first-order valence-electron chi connectivity index (χ1n) is 3.56. The Bertz CT molecular complexity index is 209. The molecule has 1 N–H and O–H groups in total. The molecule has 13 heavy (non-hydrogen) atoms. The Morgan fingerprint density at radius 3 is 2.54 bits per heavy atom. The molecule has 0 saturated heterocycles. The lowest BCUT2D eigenvalue weighted by Crippen LogP contribution is -2.23. The van der Waals surface area contributed by atoms with Crippen LogP contribution in [0.15, 0.2) is 0 Å². The molecular formula is C6H12O6P-. The minimum Gasteiger partial charge on any atom is -0.779 e. The molecule has 0 aliphatic carbocycles. The van der Waals surface area contributed by atoms with Crippen molar-refractivity contribution in [3.05, 3.63) is 0 Å². The summed E-state index contributed by atoms with van der Waals surface area (Å²) < 4.78 is 19.2. The number of hydrogen-bond acceptors (Lipinski definition) is 6. The lowest BCUT2D eigenvalue weighted by Gasteiger charge is -2.19. The number of ether oxygens (including phenoxy) is 1. The molecule has 78 valence electrons. The Labute approximate surface area is 76.0 Å². The van der Waals surface area contributed by atoms with Gasteiger partial charge in [0.1, 0.15) is 20.3 Å². The van der Waals surface area contributed by atoms with Gasteiger partial charge in [0.2, 0.25) is 0 Å². The molecule has 0 aromatic carbocycles. The standard InChI is InChI=1S/C6H13O6P/c1-5(7)11-3-6(8)4-12-13(2,9)10/h6,8H,3-4H2,1-2H3,(H,9,10)/p-1. The zero-order chi connectivity index (χ0) is 10.5. The number of aliphatic hydroxyl groups excluding tert-OH is 1. The summed E-state index contributed by atoms with van der Waals surface area (Å²) in [4.78, 5) is 20.7. The fourth-order valence-corrected chi connectivity index (χ4v) is 0.926. The molecule has 7 heteroatoms. The first-order valence-corrected chi connectivity index (χ1v) is 5.55. The van der Waals surface area contributed by atoms with Gasteiger partial charge < -0.3 is 23.8 Å². The highest BCUT2D eigenvalue weighted by molar-refractivity contribution is 7.50. The predicted molar refractivity (Wildman–Crippen MR) is 42.1 cm³/mol. The summed E-state index contributed by atoms with van der Waals surface area (Å²) in [6, 6.07) is 0. The smallest absolute Gasteiger partial charge is 0.302 e. The molecule has 0 rings (SSSR count). The third-order valence-electron chi connectivity index (χ3n) is 0.980. The number of hydrogen-bond donors (Lipinski definition) is 1. The molecule has 6 nitrogen and oxygen atoms in total. The molecule has 0 aliphatic rings. The van der Waals surface area contributed by atoms with Crippen LogP contribution in [0.2, 0.25) is 0 Å². The molecule has 0 aliphatic heterocycles. The molecule has 2 unspecified atom stereocenters. The average Bonchev–Trinajstić information content (AvgIpc) is 1.95. The first kappa shape index (κ1) is 12.6. The van der Waals surface area contributed by atoms with Gasteiger partial charge in [-0.15, -0.1) is 0 Å². The summed E-state index contributed by atoms with van der Waals surface area (Å²) in [5.41, 5.74) is 0. The van der Waals surface area contributed by atoms with Gasteiger partial charge in [0, 0.05) is 13.6 Å². The molecule has 0 spiro atoms. The maximum absolute atomic E-state index is 10.5. The number of carbonyl (C=O) groups is 1. The SMILES string of the molecule is CC(=O)OCC(O)COP(C)(=O)[O-]. The van der Waals surface area contributed by atoms with Crippen LogP contribution >= 0.6 is 7.60 Å². The number of carbonyl (C=O) groups excluding carboxylic acids is 1. The zero-order valence-electron chi connectivity index (χ0n) is 7.43. The number of aliphatic hydroxyl groups is 1. The summed E-state index contributed by atoms with van der Waals surface area (Å²) in [5, 5.41) is 9.00. The van der Waals surface area contributed by atoms with Crippen molar-refractivity contribution >= 4 is 13.6 Å². The van der Waals surface area contributed by atoms with Crippen LogP contribution in [-0.4, -0.2) is 37.1 Å².